The molecule has 0 heterocycles. The van der Waals surface area contributed by atoms with Crippen molar-refractivity contribution in [1.82, 2.24) is 5.43 Å². The Morgan fingerprint density at radius 3 is 2.66 bits per heavy atom. The molecular formula is C22H19BrFN3O2. The minimum absolute atomic E-state index is 0.124. The highest BCUT2D eigenvalue weighted by atomic mass is 79.9. The molecule has 2 amide bonds. The molecule has 148 valence electrons. The summed E-state index contributed by atoms with van der Waals surface area (Å²) in [5.74, 6) is 0.276. The maximum Gasteiger partial charge on any atom is 0.339 e. The number of aryl methyl sites for hydroxylation is 1. The molecule has 0 radical (unpaired) electrons. The Morgan fingerprint density at radius 1 is 1.14 bits per heavy atom. The van der Waals surface area contributed by atoms with E-state index in [1.165, 1.54) is 12.3 Å². The number of para-hydroxylation sites is 1. The van der Waals surface area contributed by atoms with Crippen molar-refractivity contribution < 1.29 is 13.9 Å². The summed E-state index contributed by atoms with van der Waals surface area (Å²) < 4.78 is 20.0. The first-order valence-electron chi connectivity index (χ1n) is 8.84. The summed E-state index contributed by atoms with van der Waals surface area (Å²) in [6.07, 6.45) is 1.52. The third-order valence-corrected chi connectivity index (χ3v) is 4.69. The number of carbonyl (C=O) groups excluding carboxylic acids is 1. The number of benzene rings is 3. The van der Waals surface area contributed by atoms with Crippen LogP contribution in [0.15, 0.2) is 76.3 Å². The Bertz CT molecular complexity index is 1040. The maximum absolute atomic E-state index is 13.7. The molecule has 0 unspecified atom stereocenters. The lowest BCUT2D eigenvalue weighted by Crippen LogP contribution is -2.24. The van der Waals surface area contributed by atoms with E-state index in [0.717, 1.165) is 16.8 Å². The predicted molar refractivity (Wildman–Crippen MR) is 116 cm³/mol. The summed E-state index contributed by atoms with van der Waals surface area (Å²) in [4.78, 5) is 11.9. The van der Waals surface area contributed by atoms with Crippen molar-refractivity contribution in [2.75, 3.05) is 5.32 Å². The van der Waals surface area contributed by atoms with Crippen LogP contribution in [0.2, 0.25) is 0 Å². The third-order valence-electron chi connectivity index (χ3n) is 4.07. The van der Waals surface area contributed by atoms with Crippen LogP contribution < -0.4 is 15.5 Å². The predicted octanol–water partition coefficient (Wildman–Crippen LogP) is 5.63. The van der Waals surface area contributed by atoms with Crippen LogP contribution in [-0.4, -0.2) is 12.2 Å². The van der Waals surface area contributed by atoms with Gasteiger partial charge in [0.1, 0.15) is 18.2 Å². The van der Waals surface area contributed by atoms with Gasteiger partial charge in [0.2, 0.25) is 0 Å². The van der Waals surface area contributed by atoms with Crippen LogP contribution in [0, 0.1) is 12.7 Å². The number of hydrazone groups is 1. The first-order valence-corrected chi connectivity index (χ1v) is 9.63. The first kappa shape index (κ1) is 20.5. The zero-order valence-electron chi connectivity index (χ0n) is 15.7. The van der Waals surface area contributed by atoms with E-state index in [9.17, 15) is 9.18 Å². The van der Waals surface area contributed by atoms with Crippen molar-refractivity contribution >= 4 is 33.9 Å². The fourth-order valence-electron chi connectivity index (χ4n) is 2.51. The van der Waals surface area contributed by atoms with E-state index >= 15 is 0 Å². The van der Waals surface area contributed by atoms with E-state index < -0.39 is 6.03 Å². The SMILES string of the molecule is Cc1ccccc1NC(=O)NN=Cc1ccc(OCc2ccccc2F)c(Br)c1. The number of rotatable bonds is 6. The Labute approximate surface area is 176 Å². The molecular weight excluding hydrogens is 437 g/mol. The number of carbonyl (C=O) groups is 1. The molecule has 0 aliphatic carbocycles. The Balaban J connectivity index is 1.55. The van der Waals surface area contributed by atoms with Crippen molar-refractivity contribution in [3.63, 3.8) is 0 Å². The van der Waals surface area contributed by atoms with Gasteiger partial charge in [-0.15, -0.1) is 0 Å². The largest absolute Gasteiger partial charge is 0.488 e. The van der Waals surface area contributed by atoms with Crippen molar-refractivity contribution in [1.29, 1.82) is 0 Å². The summed E-state index contributed by atoms with van der Waals surface area (Å²) in [5, 5.41) is 6.68. The maximum atomic E-state index is 13.7. The lowest BCUT2D eigenvalue weighted by Gasteiger charge is -2.09. The molecule has 2 N–H and O–H groups in total. The van der Waals surface area contributed by atoms with Gasteiger partial charge in [-0.25, -0.2) is 14.6 Å². The quantitative estimate of drug-likeness (QED) is 0.373. The van der Waals surface area contributed by atoms with Gasteiger partial charge in [-0.3, -0.25) is 0 Å². The molecule has 0 aromatic heterocycles. The van der Waals surface area contributed by atoms with Gasteiger partial charge >= 0.3 is 6.03 Å². The Morgan fingerprint density at radius 2 is 1.90 bits per heavy atom. The topological polar surface area (TPSA) is 62.7 Å². The number of halogens is 2. The molecule has 0 saturated carbocycles. The van der Waals surface area contributed by atoms with E-state index in [1.807, 2.05) is 31.2 Å². The molecule has 0 atom stereocenters. The molecule has 3 aromatic rings. The summed E-state index contributed by atoms with van der Waals surface area (Å²) in [6.45, 7) is 2.03. The summed E-state index contributed by atoms with van der Waals surface area (Å²) in [5.41, 5.74) is 5.34. The molecule has 0 spiro atoms. The zero-order valence-corrected chi connectivity index (χ0v) is 17.2. The number of hydrogen-bond donors (Lipinski definition) is 2. The van der Waals surface area contributed by atoms with Crippen molar-refractivity contribution in [2.45, 2.75) is 13.5 Å². The van der Waals surface area contributed by atoms with E-state index in [2.05, 4.69) is 31.8 Å². The molecule has 0 bridgehead atoms. The van der Waals surface area contributed by atoms with Crippen LogP contribution in [0.5, 0.6) is 5.75 Å². The number of ether oxygens (including phenoxy) is 1. The number of nitrogens with zero attached hydrogens (tertiary/aromatic N) is 1. The van der Waals surface area contributed by atoms with Gasteiger partial charge in [-0.2, -0.15) is 5.10 Å². The van der Waals surface area contributed by atoms with Crippen LogP contribution in [0.1, 0.15) is 16.7 Å². The van der Waals surface area contributed by atoms with Crippen LogP contribution in [0.3, 0.4) is 0 Å². The average Bonchev–Trinajstić information content (AvgIpc) is 2.70. The standard InChI is InChI=1S/C22H19BrFN3O2/c1-15-6-2-5-9-20(15)26-22(28)27-25-13-16-10-11-21(18(23)12-16)29-14-17-7-3-4-8-19(17)24/h2-13H,14H2,1H3,(H2,26,27,28). The lowest BCUT2D eigenvalue weighted by atomic mass is 10.2. The average molecular weight is 456 g/mol. The molecule has 3 rings (SSSR count). The van der Waals surface area contributed by atoms with Gasteiger partial charge in [0.25, 0.3) is 0 Å². The van der Waals surface area contributed by atoms with Crippen molar-refractivity contribution in [2.24, 2.45) is 5.10 Å². The van der Waals surface area contributed by atoms with Gasteiger partial charge in [-0.05, 0) is 64.3 Å². The van der Waals surface area contributed by atoms with Crippen molar-refractivity contribution in [3.8, 4) is 5.75 Å². The summed E-state index contributed by atoms with van der Waals surface area (Å²) in [6, 6.07) is 18.8. The third kappa shape index (κ3) is 5.89. The molecule has 0 aliphatic heterocycles. The molecule has 5 nitrogen and oxygen atoms in total. The van der Waals surface area contributed by atoms with E-state index in [-0.39, 0.29) is 12.4 Å². The Kier molecular flexibility index (Phi) is 6.97. The molecule has 0 aliphatic rings. The second-order valence-corrected chi connectivity index (χ2v) is 7.06. The minimum Gasteiger partial charge on any atom is -0.488 e. The highest BCUT2D eigenvalue weighted by molar-refractivity contribution is 9.10. The van der Waals surface area contributed by atoms with Gasteiger partial charge in [-0.1, -0.05) is 36.4 Å². The monoisotopic (exact) mass is 455 g/mol. The number of urea groups is 1. The number of anilines is 1. The lowest BCUT2D eigenvalue weighted by molar-refractivity contribution is 0.252. The normalized spacial score (nSPS) is 10.7. The smallest absolute Gasteiger partial charge is 0.339 e. The van der Waals surface area contributed by atoms with E-state index in [0.29, 0.717) is 15.8 Å². The second-order valence-electron chi connectivity index (χ2n) is 6.21. The summed E-state index contributed by atoms with van der Waals surface area (Å²) in [7, 11) is 0. The molecule has 7 heteroatoms. The summed E-state index contributed by atoms with van der Waals surface area (Å²) >= 11 is 3.43. The van der Waals surface area contributed by atoms with Crippen LogP contribution in [0.25, 0.3) is 0 Å². The van der Waals surface area contributed by atoms with Crippen molar-refractivity contribution in [3.05, 3.63) is 93.7 Å². The fraction of sp³-hybridized carbons (Fsp3) is 0.0909. The van der Waals surface area contributed by atoms with Crippen LogP contribution in [0.4, 0.5) is 14.9 Å². The van der Waals surface area contributed by atoms with Gasteiger partial charge in [0.15, 0.2) is 0 Å². The molecule has 0 saturated heterocycles. The van der Waals surface area contributed by atoms with Gasteiger partial charge in [0, 0.05) is 11.3 Å². The fourth-order valence-corrected chi connectivity index (χ4v) is 3.03. The van der Waals surface area contributed by atoms with E-state index in [1.54, 1.807) is 36.4 Å². The minimum atomic E-state index is -0.431. The second kappa shape index (κ2) is 9.84. The van der Waals surface area contributed by atoms with E-state index in [4.69, 9.17) is 4.74 Å². The number of nitrogens with one attached hydrogen (secondary N) is 2. The van der Waals surface area contributed by atoms with Gasteiger partial charge in [0.05, 0.1) is 10.7 Å². The van der Waals surface area contributed by atoms with Crippen LogP contribution in [-0.2, 0) is 6.61 Å². The molecule has 0 fully saturated rings. The number of hydrogen-bond acceptors (Lipinski definition) is 3. The Hall–Kier alpha value is -3.19. The number of amides is 2. The zero-order chi connectivity index (χ0) is 20.6. The molecule has 29 heavy (non-hydrogen) atoms. The first-order chi connectivity index (χ1) is 14.0. The van der Waals surface area contributed by atoms with Crippen LogP contribution >= 0.6 is 15.9 Å². The molecule has 3 aromatic carbocycles. The highest BCUT2D eigenvalue weighted by Gasteiger charge is 2.06. The van der Waals surface area contributed by atoms with Gasteiger partial charge < -0.3 is 10.1 Å². The highest BCUT2D eigenvalue weighted by Crippen LogP contribution is 2.26.